The van der Waals surface area contributed by atoms with E-state index in [9.17, 15) is 0 Å². The molecule has 1 aliphatic carbocycles. The van der Waals surface area contributed by atoms with Gasteiger partial charge in [0.2, 0.25) is 0 Å². The minimum absolute atomic E-state index is 0.512. The second kappa shape index (κ2) is 6.97. The van der Waals surface area contributed by atoms with Crippen LogP contribution in [-0.2, 0) is 11.8 Å². The fraction of sp³-hybridized carbons (Fsp3) is 0.333. The van der Waals surface area contributed by atoms with Gasteiger partial charge in [-0.2, -0.15) is 0 Å². The number of benzene rings is 2. The highest BCUT2D eigenvalue weighted by molar-refractivity contribution is 9.10. The Bertz CT molecular complexity index is 624. The molecule has 3 heteroatoms. The van der Waals surface area contributed by atoms with E-state index in [1.807, 2.05) is 0 Å². The van der Waals surface area contributed by atoms with Gasteiger partial charge in [0.25, 0.3) is 0 Å². The lowest BCUT2D eigenvalue weighted by atomic mass is 9.83. The summed E-state index contributed by atoms with van der Waals surface area (Å²) in [7, 11) is 0. The SMILES string of the molecule is BrCc1ccc(OCC2CCCc3ccccc32)c(Br)c1. The van der Waals surface area contributed by atoms with E-state index in [2.05, 4.69) is 74.3 Å². The zero-order chi connectivity index (χ0) is 14.7. The summed E-state index contributed by atoms with van der Waals surface area (Å²) in [4.78, 5) is 0. The standard InChI is InChI=1S/C18H18Br2O/c19-11-13-8-9-18(17(20)10-13)21-12-15-6-3-5-14-4-1-2-7-16(14)15/h1-2,4,7-10,15H,3,5-6,11-12H2. The molecule has 3 rings (SSSR count). The normalized spacial score (nSPS) is 17.3. The van der Waals surface area contributed by atoms with Crippen molar-refractivity contribution >= 4 is 31.9 Å². The van der Waals surface area contributed by atoms with Crippen LogP contribution in [0.1, 0.15) is 35.4 Å². The summed E-state index contributed by atoms with van der Waals surface area (Å²) in [5, 5.41) is 0.863. The molecule has 21 heavy (non-hydrogen) atoms. The Hall–Kier alpha value is -0.800. The van der Waals surface area contributed by atoms with Crippen LogP contribution in [0.5, 0.6) is 5.75 Å². The van der Waals surface area contributed by atoms with Crippen molar-refractivity contribution in [1.29, 1.82) is 0 Å². The second-order valence-electron chi connectivity index (χ2n) is 5.50. The van der Waals surface area contributed by atoms with Crippen LogP contribution in [0.4, 0.5) is 0 Å². The van der Waals surface area contributed by atoms with E-state index in [0.717, 1.165) is 22.2 Å². The first kappa shape index (κ1) is 15.1. The molecule has 2 aromatic rings. The smallest absolute Gasteiger partial charge is 0.133 e. The Balaban J connectivity index is 1.71. The van der Waals surface area contributed by atoms with Crippen LogP contribution < -0.4 is 4.74 Å². The molecule has 1 unspecified atom stereocenters. The fourth-order valence-corrected chi connectivity index (χ4v) is 3.85. The van der Waals surface area contributed by atoms with Crippen molar-refractivity contribution in [3.8, 4) is 5.75 Å². The van der Waals surface area contributed by atoms with E-state index in [1.54, 1.807) is 0 Å². The maximum Gasteiger partial charge on any atom is 0.133 e. The van der Waals surface area contributed by atoms with E-state index in [4.69, 9.17) is 4.74 Å². The summed E-state index contributed by atoms with van der Waals surface area (Å²) in [5.74, 6) is 1.44. The lowest BCUT2D eigenvalue weighted by Crippen LogP contribution is -2.16. The molecule has 1 atom stereocenters. The lowest BCUT2D eigenvalue weighted by molar-refractivity contribution is 0.273. The van der Waals surface area contributed by atoms with Gasteiger partial charge in [-0.3, -0.25) is 0 Å². The number of rotatable bonds is 4. The largest absolute Gasteiger partial charge is 0.492 e. The minimum Gasteiger partial charge on any atom is -0.492 e. The van der Waals surface area contributed by atoms with Gasteiger partial charge in [-0.05, 0) is 64.0 Å². The van der Waals surface area contributed by atoms with Gasteiger partial charge in [0.05, 0.1) is 11.1 Å². The molecule has 1 aliphatic rings. The Morgan fingerprint density at radius 2 is 2.00 bits per heavy atom. The Kier molecular flexibility index (Phi) is 5.02. The van der Waals surface area contributed by atoms with Gasteiger partial charge >= 0.3 is 0 Å². The molecule has 0 aromatic heterocycles. The predicted molar refractivity (Wildman–Crippen MR) is 94.4 cm³/mol. The van der Waals surface area contributed by atoms with Crippen LogP contribution in [0.2, 0.25) is 0 Å². The molecule has 0 saturated carbocycles. The first-order chi connectivity index (χ1) is 10.3. The Labute approximate surface area is 143 Å². The topological polar surface area (TPSA) is 9.23 Å². The number of fused-ring (bicyclic) bond motifs is 1. The van der Waals surface area contributed by atoms with E-state index in [1.165, 1.54) is 36.0 Å². The lowest BCUT2D eigenvalue weighted by Gasteiger charge is -2.25. The van der Waals surface area contributed by atoms with Crippen LogP contribution in [0.15, 0.2) is 46.9 Å². The van der Waals surface area contributed by atoms with Crippen LogP contribution in [-0.4, -0.2) is 6.61 Å². The van der Waals surface area contributed by atoms with E-state index >= 15 is 0 Å². The van der Waals surface area contributed by atoms with Crippen LogP contribution in [0.25, 0.3) is 0 Å². The van der Waals surface area contributed by atoms with Crippen molar-refractivity contribution in [3.05, 3.63) is 63.6 Å². The number of hydrogen-bond donors (Lipinski definition) is 0. The molecule has 0 fully saturated rings. The number of hydrogen-bond acceptors (Lipinski definition) is 1. The maximum absolute atomic E-state index is 6.07. The van der Waals surface area contributed by atoms with Gasteiger partial charge < -0.3 is 4.74 Å². The molecule has 0 amide bonds. The molecular formula is C18H18Br2O. The van der Waals surface area contributed by atoms with Gasteiger partial charge in [-0.15, -0.1) is 0 Å². The number of ether oxygens (including phenoxy) is 1. The van der Waals surface area contributed by atoms with Crippen molar-refractivity contribution in [2.45, 2.75) is 30.5 Å². The van der Waals surface area contributed by atoms with Gasteiger partial charge in [-0.1, -0.05) is 46.3 Å². The van der Waals surface area contributed by atoms with Gasteiger partial charge in [0, 0.05) is 11.2 Å². The van der Waals surface area contributed by atoms with Crippen molar-refractivity contribution < 1.29 is 4.74 Å². The highest BCUT2D eigenvalue weighted by atomic mass is 79.9. The molecule has 0 N–H and O–H groups in total. The molecule has 1 nitrogen and oxygen atoms in total. The van der Waals surface area contributed by atoms with Crippen molar-refractivity contribution in [3.63, 3.8) is 0 Å². The van der Waals surface area contributed by atoms with Crippen LogP contribution >= 0.6 is 31.9 Å². The molecule has 0 bridgehead atoms. The van der Waals surface area contributed by atoms with E-state index in [-0.39, 0.29) is 0 Å². The summed E-state index contributed by atoms with van der Waals surface area (Å²) in [6, 6.07) is 15.0. The average molecular weight is 410 g/mol. The summed E-state index contributed by atoms with van der Waals surface area (Å²) >= 11 is 7.07. The number of halogens is 2. The summed E-state index contributed by atoms with van der Waals surface area (Å²) < 4.78 is 7.10. The molecule has 110 valence electrons. The summed E-state index contributed by atoms with van der Waals surface area (Å²) in [6.07, 6.45) is 3.68. The van der Waals surface area contributed by atoms with Crippen molar-refractivity contribution in [1.82, 2.24) is 0 Å². The monoisotopic (exact) mass is 408 g/mol. The number of alkyl halides is 1. The zero-order valence-corrected chi connectivity index (χ0v) is 15.0. The summed E-state index contributed by atoms with van der Waals surface area (Å²) in [6.45, 7) is 0.753. The molecule has 0 heterocycles. The zero-order valence-electron chi connectivity index (χ0n) is 11.8. The average Bonchev–Trinajstić information content (AvgIpc) is 2.53. The van der Waals surface area contributed by atoms with Crippen molar-refractivity contribution in [2.75, 3.05) is 6.61 Å². The summed E-state index contributed by atoms with van der Waals surface area (Å²) in [5.41, 5.74) is 4.21. The predicted octanol–water partition coefficient (Wildman–Crippen LogP) is 5.84. The van der Waals surface area contributed by atoms with Gasteiger partial charge in [0.15, 0.2) is 0 Å². The number of aryl methyl sites for hydroxylation is 1. The molecule has 0 spiro atoms. The minimum atomic E-state index is 0.512. The fourth-order valence-electron chi connectivity index (χ4n) is 2.96. The van der Waals surface area contributed by atoms with Gasteiger partial charge in [0.1, 0.15) is 5.75 Å². The van der Waals surface area contributed by atoms with Gasteiger partial charge in [-0.25, -0.2) is 0 Å². The quantitative estimate of drug-likeness (QED) is 0.576. The first-order valence-electron chi connectivity index (χ1n) is 7.33. The van der Waals surface area contributed by atoms with E-state index < -0.39 is 0 Å². The molecule has 0 radical (unpaired) electrons. The maximum atomic E-state index is 6.07. The van der Waals surface area contributed by atoms with Crippen LogP contribution in [0.3, 0.4) is 0 Å². The third kappa shape index (κ3) is 3.51. The van der Waals surface area contributed by atoms with Crippen molar-refractivity contribution in [2.24, 2.45) is 0 Å². The van der Waals surface area contributed by atoms with E-state index in [0.29, 0.717) is 5.92 Å². The Morgan fingerprint density at radius 3 is 2.81 bits per heavy atom. The molecule has 0 saturated heterocycles. The first-order valence-corrected chi connectivity index (χ1v) is 9.24. The third-order valence-corrected chi connectivity index (χ3v) is 5.35. The second-order valence-corrected chi connectivity index (χ2v) is 6.91. The highest BCUT2D eigenvalue weighted by Gasteiger charge is 2.20. The highest BCUT2D eigenvalue weighted by Crippen LogP contribution is 2.33. The third-order valence-electron chi connectivity index (χ3n) is 4.08. The molecular weight excluding hydrogens is 392 g/mol. The Morgan fingerprint density at radius 1 is 1.14 bits per heavy atom. The molecule has 0 aliphatic heterocycles. The molecule has 2 aromatic carbocycles. The van der Waals surface area contributed by atoms with Crippen LogP contribution in [0, 0.1) is 0 Å².